The molecule has 1 fully saturated rings. The van der Waals surface area contributed by atoms with E-state index in [4.69, 9.17) is 40.3 Å². The summed E-state index contributed by atoms with van der Waals surface area (Å²) < 4.78 is 45.8. The smallest absolute Gasteiger partial charge is 0.345 e. The minimum absolute atomic E-state index is 0.0470. The summed E-state index contributed by atoms with van der Waals surface area (Å²) in [6, 6.07) is 24.4. The first-order chi connectivity index (χ1) is 30.7. The first-order valence-corrected chi connectivity index (χ1v) is 21.6. The normalized spacial score (nSPS) is 16.7. The summed E-state index contributed by atoms with van der Waals surface area (Å²) in [6.45, 7) is 6.07. The Hall–Kier alpha value is -6.39. The first-order valence-electron chi connectivity index (χ1n) is 20.4. The average molecular weight is 889 g/mol. The van der Waals surface area contributed by atoms with E-state index in [0.717, 1.165) is 47.7 Å². The fourth-order valence-corrected chi connectivity index (χ4v) is 9.16. The molecule has 2 atom stereocenters. The number of hydrogen-bond donors (Lipinski definition) is 2. The Bertz CT molecular complexity index is 2790. The number of carboxylic acid groups (broad SMARTS) is 1. The van der Waals surface area contributed by atoms with Crippen LogP contribution < -0.4 is 29.0 Å². The zero-order valence-electron chi connectivity index (χ0n) is 34.3. The number of benzene rings is 4. The summed E-state index contributed by atoms with van der Waals surface area (Å²) >= 11 is 8.56. The summed E-state index contributed by atoms with van der Waals surface area (Å²) in [4.78, 5) is 35.2. The predicted molar refractivity (Wildman–Crippen MR) is 238 cm³/mol. The lowest BCUT2D eigenvalue weighted by Gasteiger charge is -2.31. The quantitative estimate of drug-likeness (QED) is 0.143. The molecule has 4 aromatic carbocycles. The van der Waals surface area contributed by atoms with E-state index in [-0.39, 0.29) is 31.3 Å². The van der Waals surface area contributed by atoms with Gasteiger partial charge in [-0.3, -0.25) is 4.90 Å². The number of thiophene rings is 1. The van der Waals surface area contributed by atoms with Crippen molar-refractivity contribution < 1.29 is 38.0 Å². The molecular weight excluding hydrogens is 847 g/mol. The predicted octanol–water partition coefficient (Wildman–Crippen LogP) is 8.29. The van der Waals surface area contributed by atoms with Gasteiger partial charge in [0.25, 0.3) is 0 Å². The molecule has 0 unspecified atom stereocenters. The first kappa shape index (κ1) is 41.9. The zero-order valence-corrected chi connectivity index (χ0v) is 35.9. The van der Waals surface area contributed by atoms with Crippen molar-refractivity contribution >= 4 is 39.1 Å². The molecule has 0 aliphatic carbocycles. The summed E-state index contributed by atoms with van der Waals surface area (Å²) in [6.07, 6.45) is 0.982. The van der Waals surface area contributed by atoms with Crippen LogP contribution >= 0.6 is 22.9 Å². The Morgan fingerprint density at radius 2 is 1.81 bits per heavy atom. The number of nitrogens with zero attached hydrogens (tertiary/aromatic N) is 5. The lowest BCUT2D eigenvalue weighted by Crippen LogP contribution is -2.48. The van der Waals surface area contributed by atoms with Crippen LogP contribution in [0.4, 0.5) is 4.39 Å². The lowest BCUT2D eigenvalue weighted by atomic mass is 9.96. The van der Waals surface area contributed by atoms with Crippen molar-refractivity contribution in [2.45, 2.75) is 32.2 Å². The second kappa shape index (κ2) is 18.5. The lowest BCUT2D eigenvalue weighted by molar-refractivity contribution is -0.145. The van der Waals surface area contributed by atoms with Crippen LogP contribution in [0.1, 0.15) is 16.8 Å². The molecule has 0 spiro atoms. The number of piperazine rings is 1. The molecule has 322 valence electrons. The number of ether oxygens (including phenoxy) is 5. The third-order valence-corrected chi connectivity index (χ3v) is 12.6. The van der Waals surface area contributed by atoms with Crippen LogP contribution in [0.2, 0.25) is 5.02 Å². The van der Waals surface area contributed by atoms with Crippen LogP contribution in [0.5, 0.6) is 28.9 Å². The van der Waals surface area contributed by atoms with Gasteiger partial charge >= 0.3 is 5.97 Å². The van der Waals surface area contributed by atoms with Gasteiger partial charge in [-0.1, -0.05) is 41.9 Å². The van der Waals surface area contributed by atoms with Crippen molar-refractivity contribution in [3.63, 3.8) is 0 Å². The molecule has 0 saturated carbocycles. The van der Waals surface area contributed by atoms with Crippen LogP contribution in [0.3, 0.4) is 0 Å². The van der Waals surface area contributed by atoms with E-state index in [0.29, 0.717) is 73.0 Å². The minimum Gasteiger partial charge on any atom is -0.496 e. The fraction of sp³-hybridized carbons (Fsp3) is 0.255. The van der Waals surface area contributed by atoms with E-state index in [9.17, 15) is 14.3 Å². The summed E-state index contributed by atoms with van der Waals surface area (Å²) in [5.74, 6) is 0.922. The van der Waals surface area contributed by atoms with Gasteiger partial charge in [0.05, 0.1) is 28.8 Å². The van der Waals surface area contributed by atoms with Crippen LogP contribution in [-0.4, -0.2) is 94.6 Å². The van der Waals surface area contributed by atoms with Crippen molar-refractivity contribution in [2.24, 2.45) is 0 Å². The molecule has 2 N–H and O–H groups in total. The Morgan fingerprint density at radius 3 is 2.62 bits per heavy atom. The third kappa shape index (κ3) is 9.09. The SMILES string of the molecule is COc1ccccc1-c1nccc(COc2ccc3cc2C[C@H](C(=O)O)Oc2ncnc4sc(-c5ccc(F)cc5)c(c24)-c2ccc(c(Cl)c2C)O[C@@H](CN2CCNCC2)CO3)n1. The van der Waals surface area contributed by atoms with Gasteiger partial charge in [-0.25, -0.2) is 29.1 Å². The second-order valence-corrected chi connectivity index (χ2v) is 16.5. The third-order valence-electron chi connectivity index (χ3n) is 11.0. The molecule has 0 amide bonds. The van der Waals surface area contributed by atoms with Gasteiger partial charge in [-0.15, -0.1) is 11.3 Å². The number of aliphatic carboxylic acids is 1. The van der Waals surface area contributed by atoms with Gasteiger partial charge in [0.15, 0.2) is 5.82 Å². The summed E-state index contributed by atoms with van der Waals surface area (Å²) in [5.41, 5.74) is 4.66. The monoisotopic (exact) mass is 888 g/mol. The molecule has 10 rings (SSSR count). The maximum Gasteiger partial charge on any atom is 0.345 e. The Morgan fingerprint density at radius 1 is 0.984 bits per heavy atom. The molecule has 4 bridgehead atoms. The van der Waals surface area contributed by atoms with E-state index in [1.165, 1.54) is 29.8 Å². The minimum atomic E-state index is -1.44. The van der Waals surface area contributed by atoms with Gasteiger partial charge in [0.1, 0.15) is 59.3 Å². The highest BCUT2D eigenvalue weighted by Crippen LogP contribution is 2.49. The van der Waals surface area contributed by atoms with E-state index in [1.54, 1.807) is 49.7 Å². The van der Waals surface area contributed by atoms with Crippen molar-refractivity contribution in [1.82, 2.24) is 30.2 Å². The molecule has 63 heavy (non-hydrogen) atoms. The number of nitrogens with one attached hydrogen (secondary N) is 1. The number of hydrogen-bond acceptors (Lipinski definition) is 13. The molecule has 13 nitrogen and oxygen atoms in total. The number of rotatable bonds is 9. The number of carboxylic acids is 1. The topological polar surface area (TPSA) is 150 Å². The molecule has 3 aliphatic rings. The largest absolute Gasteiger partial charge is 0.496 e. The van der Waals surface area contributed by atoms with Crippen molar-refractivity contribution in [3.8, 4) is 61.8 Å². The van der Waals surface area contributed by atoms with Gasteiger partial charge in [0, 0.05) is 61.3 Å². The number of fused-ring (bicyclic) bond motifs is 7. The highest BCUT2D eigenvalue weighted by atomic mass is 35.5. The van der Waals surface area contributed by atoms with E-state index in [1.807, 2.05) is 43.3 Å². The molecular formula is C47H42ClFN6O7S. The number of para-hydroxylation sites is 1. The van der Waals surface area contributed by atoms with Gasteiger partial charge in [-0.05, 0) is 78.2 Å². The molecule has 6 heterocycles. The van der Waals surface area contributed by atoms with Crippen molar-refractivity contribution in [1.29, 1.82) is 0 Å². The molecule has 16 heteroatoms. The molecule has 1 saturated heterocycles. The van der Waals surface area contributed by atoms with Crippen molar-refractivity contribution in [2.75, 3.05) is 46.4 Å². The number of halogens is 2. The number of aromatic nitrogens is 4. The van der Waals surface area contributed by atoms with Gasteiger partial charge < -0.3 is 34.1 Å². The molecule has 7 aromatic rings. The zero-order chi connectivity index (χ0) is 43.5. The molecule has 3 aliphatic heterocycles. The standard InChI is InChI=1S/C47H42ClFN6O7S/c1-27-34-12-14-38(42(27)48)61-33(23-55-19-17-50-18-20-55)25-59-32-11-13-36(60-24-31-15-16-51-44(54-31)35-5-3-4-6-37(35)58-2)29(21-32)22-39(47(56)57)62-45-41-40(34)43(63-46(41)53-26-52-45)28-7-9-30(49)10-8-28/h3-16,21,26,33,39,50H,17-20,22-25H2,1-2H3,(H,56,57)/t33-,39+/m0/s1. The highest BCUT2D eigenvalue weighted by molar-refractivity contribution is 7.22. The van der Waals surface area contributed by atoms with Gasteiger partial charge in [0.2, 0.25) is 12.0 Å². The average Bonchev–Trinajstić information content (AvgIpc) is 3.69. The maximum absolute atomic E-state index is 14.2. The van der Waals surface area contributed by atoms with Gasteiger partial charge in [-0.2, -0.15) is 0 Å². The second-order valence-electron chi connectivity index (χ2n) is 15.1. The summed E-state index contributed by atoms with van der Waals surface area (Å²) in [7, 11) is 1.59. The van der Waals surface area contributed by atoms with Crippen LogP contribution in [0.15, 0.2) is 97.5 Å². The van der Waals surface area contributed by atoms with Crippen molar-refractivity contribution in [3.05, 3.63) is 125 Å². The van der Waals surface area contributed by atoms with Crippen LogP contribution in [-0.2, 0) is 17.8 Å². The highest BCUT2D eigenvalue weighted by Gasteiger charge is 2.30. The molecule has 0 radical (unpaired) electrons. The number of methoxy groups -OCH3 is 1. The maximum atomic E-state index is 14.2. The van der Waals surface area contributed by atoms with E-state index >= 15 is 0 Å². The van der Waals surface area contributed by atoms with E-state index in [2.05, 4.69) is 25.2 Å². The summed E-state index contributed by atoms with van der Waals surface area (Å²) in [5, 5.41) is 15.1. The Balaban J connectivity index is 1.14. The van der Waals surface area contributed by atoms with E-state index < -0.39 is 18.2 Å². The Labute approximate surface area is 371 Å². The van der Waals surface area contributed by atoms with Crippen LogP contribution in [0.25, 0.3) is 43.2 Å². The Kier molecular flexibility index (Phi) is 12.3. The number of carbonyl (C=O) groups is 1. The van der Waals surface area contributed by atoms with Crippen LogP contribution in [0, 0.1) is 12.7 Å². The fourth-order valence-electron chi connectivity index (χ4n) is 7.80. The molecule has 3 aromatic heterocycles.